The molecule has 0 spiro atoms. The molecule has 0 aliphatic carbocycles. The molecule has 84 valence electrons. The van der Waals surface area contributed by atoms with Crippen LogP contribution in [0.25, 0.3) is 0 Å². The third-order valence-electron chi connectivity index (χ3n) is 2.50. The van der Waals surface area contributed by atoms with Crippen LogP contribution < -0.4 is 5.32 Å². The third kappa shape index (κ3) is 2.39. The molecule has 0 atom stereocenters. The molecule has 0 fully saturated rings. The fourth-order valence-corrected chi connectivity index (χ4v) is 1.74. The van der Waals surface area contributed by atoms with Crippen molar-refractivity contribution in [3.63, 3.8) is 0 Å². The normalized spacial score (nSPS) is 10.4. The lowest BCUT2D eigenvalue weighted by molar-refractivity contribution is 0.683. The quantitative estimate of drug-likeness (QED) is 0.853. The molecule has 0 saturated carbocycles. The number of aryl methyl sites for hydroxylation is 3. The third-order valence-corrected chi connectivity index (χ3v) is 2.50. The first kappa shape index (κ1) is 10.7. The molecule has 0 aliphatic heterocycles. The first-order chi connectivity index (χ1) is 7.65. The number of anilines is 1. The number of hydrogen-bond donors (Lipinski definition) is 1. The summed E-state index contributed by atoms with van der Waals surface area (Å²) in [5.74, 6) is 0. The molecule has 2 rings (SSSR count). The maximum Gasteiger partial charge on any atom is 0.0774 e. The zero-order valence-corrected chi connectivity index (χ0v) is 9.86. The standard InChI is InChI=1S/C12H16N4/c1-9-4-10(2)6-11(5-9)13-7-12-8-14-15-16(12)3/h4-6,8,13H,7H2,1-3H3. The molecule has 0 radical (unpaired) electrons. The monoisotopic (exact) mass is 216 g/mol. The molecule has 2 aromatic rings. The van der Waals surface area contributed by atoms with Crippen LogP contribution in [0, 0.1) is 13.8 Å². The van der Waals surface area contributed by atoms with Crippen LogP contribution in [-0.2, 0) is 13.6 Å². The van der Waals surface area contributed by atoms with Gasteiger partial charge in [-0.3, -0.25) is 4.68 Å². The highest BCUT2D eigenvalue weighted by atomic mass is 15.4. The van der Waals surface area contributed by atoms with Crippen LogP contribution in [0.15, 0.2) is 24.4 Å². The molecule has 1 aromatic carbocycles. The van der Waals surface area contributed by atoms with Crippen molar-refractivity contribution >= 4 is 5.69 Å². The lowest BCUT2D eigenvalue weighted by Crippen LogP contribution is -2.05. The Labute approximate surface area is 95.3 Å². The van der Waals surface area contributed by atoms with E-state index in [2.05, 4.69) is 47.7 Å². The zero-order chi connectivity index (χ0) is 11.5. The second-order valence-corrected chi connectivity index (χ2v) is 4.08. The van der Waals surface area contributed by atoms with Crippen molar-refractivity contribution in [2.45, 2.75) is 20.4 Å². The largest absolute Gasteiger partial charge is 0.379 e. The summed E-state index contributed by atoms with van der Waals surface area (Å²) in [6, 6.07) is 6.43. The number of benzene rings is 1. The van der Waals surface area contributed by atoms with E-state index in [9.17, 15) is 0 Å². The van der Waals surface area contributed by atoms with Crippen LogP contribution in [0.5, 0.6) is 0 Å². The van der Waals surface area contributed by atoms with Crippen molar-refractivity contribution in [1.82, 2.24) is 15.0 Å². The van der Waals surface area contributed by atoms with Gasteiger partial charge < -0.3 is 5.32 Å². The highest BCUT2D eigenvalue weighted by Crippen LogP contribution is 2.14. The van der Waals surface area contributed by atoms with Crippen molar-refractivity contribution in [1.29, 1.82) is 0 Å². The van der Waals surface area contributed by atoms with Crippen LogP contribution >= 0.6 is 0 Å². The molecule has 1 aromatic heterocycles. The summed E-state index contributed by atoms with van der Waals surface area (Å²) in [7, 11) is 1.89. The van der Waals surface area contributed by atoms with Crippen molar-refractivity contribution < 1.29 is 0 Å². The second-order valence-electron chi connectivity index (χ2n) is 4.08. The van der Waals surface area contributed by atoms with Gasteiger partial charge in [0.25, 0.3) is 0 Å². The Kier molecular flexibility index (Phi) is 2.90. The van der Waals surface area contributed by atoms with Crippen LogP contribution in [-0.4, -0.2) is 15.0 Å². The first-order valence-electron chi connectivity index (χ1n) is 5.31. The molecule has 1 heterocycles. The van der Waals surface area contributed by atoms with Gasteiger partial charge in [-0.1, -0.05) is 11.3 Å². The molecular formula is C12H16N4. The molecular weight excluding hydrogens is 200 g/mol. The summed E-state index contributed by atoms with van der Waals surface area (Å²) >= 11 is 0. The number of rotatable bonds is 3. The highest BCUT2D eigenvalue weighted by molar-refractivity contribution is 5.48. The van der Waals surface area contributed by atoms with E-state index < -0.39 is 0 Å². The van der Waals surface area contributed by atoms with Crippen molar-refractivity contribution in [3.8, 4) is 0 Å². The van der Waals surface area contributed by atoms with Crippen LogP contribution in [0.4, 0.5) is 5.69 Å². The van der Waals surface area contributed by atoms with Crippen LogP contribution in [0.3, 0.4) is 0 Å². The van der Waals surface area contributed by atoms with Crippen LogP contribution in [0.1, 0.15) is 16.8 Å². The summed E-state index contributed by atoms with van der Waals surface area (Å²) < 4.78 is 1.77. The Bertz CT molecular complexity index is 467. The molecule has 0 bridgehead atoms. The van der Waals surface area contributed by atoms with Gasteiger partial charge in [0.1, 0.15) is 0 Å². The summed E-state index contributed by atoms with van der Waals surface area (Å²) in [6.07, 6.45) is 1.77. The Balaban J connectivity index is 2.07. The van der Waals surface area contributed by atoms with E-state index in [1.54, 1.807) is 10.9 Å². The van der Waals surface area contributed by atoms with Crippen molar-refractivity contribution in [3.05, 3.63) is 41.2 Å². The Morgan fingerprint density at radius 3 is 2.44 bits per heavy atom. The molecule has 0 saturated heterocycles. The van der Waals surface area contributed by atoms with E-state index in [1.165, 1.54) is 11.1 Å². The molecule has 4 heteroatoms. The molecule has 1 N–H and O–H groups in total. The number of aromatic nitrogens is 3. The lowest BCUT2D eigenvalue weighted by atomic mass is 10.1. The molecule has 0 unspecified atom stereocenters. The van der Waals surface area contributed by atoms with E-state index in [0.29, 0.717) is 0 Å². The van der Waals surface area contributed by atoms with E-state index in [-0.39, 0.29) is 0 Å². The van der Waals surface area contributed by atoms with Gasteiger partial charge in [0, 0.05) is 12.7 Å². The Morgan fingerprint density at radius 2 is 1.88 bits per heavy atom. The highest BCUT2D eigenvalue weighted by Gasteiger charge is 2.00. The van der Waals surface area contributed by atoms with E-state index in [1.807, 2.05) is 7.05 Å². The zero-order valence-electron chi connectivity index (χ0n) is 9.86. The molecule has 0 amide bonds. The van der Waals surface area contributed by atoms with Gasteiger partial charge in [-0.2, -0.15) is 0 Å². The number of hydrogen-bond acceptors (Lipinski definition) is 3. The number of nitrogens with zero attached hydrogens (tertiary/aromatic N) is 3. The Morgan fingerprint density at radius 1 is 1.19 bits per heavy atom. The van der Waals surface area contributed by atoms with Crippen molar-refractivity contribution in [2.75, 3.05) is 5.32 Å². The molecule has 4 nitrogen and oxygen atoms in total. The van der Waals surface area contributed by atoms with Gasteiger partial charge in [-0.15, -0.1) is 5.10 Å². The minimum absolute atomic E-state index is 0.742. The maximum absolute atomic E-state index is 3.89. The summed E-state index contributed by atoms with van der Waals surface area (Å²) in [5, 5.41) is 11.1. The number of nitrogens with one attached hydrogen (secondary N) is 1. The minimum atomic E-state index is 0.742. The van der Waals surface area contributed by atoms with E-state index in [4.69, 9.17) is 0 Å². The fraction of sp³-hybridized carbons (Fsp3) is 0.333. The van der Waals surface area contributed by atoms with Gasteiger partial charge in [-0.05, 0) is 37.1 Å². The second kappa shape index (κ2) is 4.35. The lowest BCUT2D eigenvalue weighted by Gasteiger charge is -2.08. The summed E-state index contributed by atoms with van der Waals surface area (Å²) in [6.45, 7) is 4.94. The average Bonchev–Trinajstić information content (AvgIpc) is 2.59. The van der Waals surface area contributed by atoms with Gasteiger partial charge in [0.15, 0.2) is 0 Å². The van der Waals surface area contributed by atoms with E-state index in [0.717, 1.165) is 17.9 Å². The predicted octanol–water partition coefficient (Wildman–Crippen LogP) is 2.04. The van der Waals surface area contributed by atoms with E-state index >= 15 is 0 Å². The minimum Gasteiger partial charge on any atom is -0.379 e. The van der Waals surface area contributed by atoms with Gasteiger partial charge in [0.2, 0.25) is 0 Å². The predicted molar refractivity (Wildman–Crippen MR) is 64.2 cm³/mol. The smallest absolute Gasteiger partial charge is 0.0774 e. The van der Waals surface area contributed by atoms with Gasteiger partial charge in [0.05, 0.1) is 18.4 Å². The summed E-state index contributed by atoms with van der Waals surface area (Å²) in [4.78, 5) is 0. The molecule has 16 heavy (non-hydrogen) atoms. The van der Waals surface area contributed by atoms with Crippen LogP contribution in [0.2, 0.25) is 0 Å². The Hall–Kier alpha value is -1.84. The topological polar surface area (TPSA) is 42.7 Å². The van der Waals surface area contributed by atoms with Gasteiger partial charge >= 0.3 is 0 Å². The molecule has 0 aliphatic rings. The van der Waals surface area contributed by atoms with Gasteiger partial charge in [-0.25, -0.2) is 0 Å². The maximum atomic E-state index is 3.89. The fourth-order valence-electron chi connectivity index (χ4n) is 1.74. The SMILES string of the molecule is Cc1cc(C)cc(NCc2cnnn2C)c1. The average molecular weight is 216 g/mol. The van der Waals surface area contributed by atoms with Crippen molar-refractivity contribution in [2.24, 2.45) is 7.05 Å². The first-order valence-corrected chi connectivity index (χ1v) is 5.31. The summed E-state index contributed by atoms with van der Waals surface area (Å²) in [5.41, 5.74) is 4.74.